The lowest BCUT2D eigenvalue weighted by atomic mass is 10.1. The third-order valence-electron chi connectivity index (χ3n) is 4.87. The number of pyridine rings is 1. The van der Waals surface area contributed by atoms with Crippen molar-refractivity contribution in [2.45, 2.75) is 20.4 Å². The van der Waals surface area contributed by atoms with E-state index in [0.717, 1.165) is 11.0 Å². The van der Waals surface area contributed by atoms with Crippen molar-refractivity contribution in [3.63, 3.8) is 0 Å². The van der Waals surface area contributed by atoms with Crippen molar-refractivity contribution in [3.05, 3.63) is 59.2 Å². The highest BCUT2D eigenvalue weighted by Gasteiger charge is 2.38. The number of fused-ring (bicyclic) bond motifs is 1. The maximum Gasteiger partial charge on any atom is 0.265 e. The lowest BCUT2D eigenvalue weighted by Gasteiger charge is -2.30. The summed E-state index contributed by atoms with van der Waals surface area (Å²) in [6, 6.07) is 7.70. The van der Waals surface area contributed by atoms with Gasteiger partial charge in [-0.1, -0.05) is 6.07 Å². The van der Waals surface area contributed by atoms with E-state index in [-0.39, 0.29) is 47.3 Å². The Morgan fingerprint density at radius 3 is 2.43 bits per heavy atom. The molecule has 2 aliphatic rings. The topological polar surface area (TPSA) is 79.8 Å². The van der Waals surface area contributed by atoms with E-state index in [4.69, 9.17) is 4.74 Å². The van der Waals surface area contributed by atoms with Gasteiger partial charge in [0.25, 0.3) is 17.7 Å². The molecule has 28 heavy (non-hydrogen) atoms. The van der Waals surface area contributed by atoms with Crippen LogP contribution >= 0.6 is 0 Å². The average Bonchev–Trinajstić information content (AvgIpc) is 2.88. The Morgan fingerprint density at radius 1 is 1.07 bits per heavy atom. The Balaban J connectivity index is 1.78. The smallest absolute Gasteiger partial charge is 0.265 e. The van der Waals surface area contributed by atoms with Gasteiger partial charge in [0, 0.05) is 23.4 Å². The number of imide groups is 1. The number of amides is 3. The van der Waals surface area contributed by atoms with Crippen LogP contribution in [0.4, 0.5) is 15.8 Å². The van der Waals surface area contributed by atoms with Crippen LogP contribution in [0.1, 0.15) is 19.5 Å². The number of hydrogen-bond acceptors (Lipinski definition) is 5. The molecule has 1 aromatic heterocycles. The summed E-state index contributed by atoms with van der Waals surface area (Å²) in [6.07, 6.45) is 1.61. The molecule has 0 bridgehead atoms. The number of carbonyl (C=O) groups excluding carboxylic acids is 3. The summed E-state index contributed by atoms with van der Waals surface area (Å²) in [6.45, 7) is 2.96. The molecule has 0 unspecified atom stereocenters. The van der Waals surface area contributed by atoms with Gasteiger partial charge < -0.3 is 4.74 Å². The van der Waals surface area contributed by atoms with E-state index in [1.165, 1.54) is 24.8 Å². The van der Waals surface area contributed by atoms with E-state index >= 15 is 0 Å². The van der Waals surface area contributed by atoms with Crippen LogP contribution in [-0.2, 0) is 20.9 Å². The Bertz CT molecular complexity index is 1020. The number of ether oxygens (including phenoxy) is 1. The summed E-state index contributed by atoms with van der Waals surface area (Å²) >= 11 is 0. The summed E-state index contributed by atoms with van der Waals surface area (Å²) in [7, 11) is 0. The lowest BCUT2D eigenvalue weighted by molar-refractivity contribution is -0.122. The quantitative estimate of drug-likeness (QED) is 0.763. The minimum atomic E-state index is -0.782. The van der Waals surface area contributed by atoms with Crippen LogP contribution in [0.5, 0.6) is 5.75 Å². The monoisotopic (exact) mass is 381 g/mol. The van der Waals surface area contributed by atoms with Crippen molar-refractivity contribution in [1.29, 1.82) is 0 Å². The molecule has 3 heterocycles. The molecule has 0 saturated carbocycles. The normalized spacial score (nSPS) is 16.6. The number of nitrogens with zero attached hydrogens (tertiary/aromatic N) is 3. The summed E-state index contributed by atoms with van der Waals surface area (Å²) in [4.78, 5) is 43.7. The molecular weight excluding hydrogens is 365 g/mol. The number of benzene rings is 1. The van der Waals surface area contributed by atoms with Crippen LogP contribution in [0, 0.1) is 5.82 Å². The standard InChI is InChI=1S/C20H16FN3O4/c1-11-12(2)20(27)24(19(11)26)15-8-16-17(7-14(15)21)28-10-18(25)23(16)9-13-5-3-4-6-22-13/h3-8H,9-10H2,1-2H3. The first kappa shape index (κ1) is 17.8. The zero-order chi connectivity index (χ0) is 20.0. The van der Waals surface area contributed by atoms with E-state index in [1.54, 1.807) is 24.4 Å². The van der Waals surface area contributed by atoms with Gasteiger partial charge in [-0.2, -0.15) is 0 Å². The highest BCUT2D eigenvalue weighted by atomic mass is 19.1. The second-order valence-corrected chi connectivity index (χ2v) is 6.56. The van der Waals surface area contributed by atoms with Gasteiger partial charge in [-0.25, -0.2) is 9.29 Å². The SMILES string of the molecule is CC1=C(C)C(=O)N(c2cc3c(cc2F)OCC(=O)N3Cc2ccccn2)C1=O. The summed E-state index contributed by atoms with van der Waals surface area (Å²) in [5.74, 6) is -2.12. The predicted molar refractivity (Wildman–Crippen MR) is 98.2 cm³/mol. The fraction of sp³-hybridized carbons (Fsp3) is 0.200. The fourth-order valence-corrected chi connectivity index (χ4v) is 3.18. The summed E-state index contributed by atoms with van der Waals surface area (Å²) in [5, 5.41) is 0. The van der Waals surface area contributed by atoms with Crippen LogP contribution in [0.25, 0.3) is 0 Å². The second-order valence-electron chi connectivity index (χ2n) is 6.56. The molecule has 1 aromatic carbocycles. The van der Waals surface area contributed by atoms with E-state index < -0.39 is 17.6 Å². The Hall–Kier alpha value is -3.55. The maximum atomic E-state index is 14.7. The Kier molecular flexibility index (Phi) is 4.18. The molecule has 0 saturated heterocycles. The highest BCUT2D eigenvalue weighted by Crippen LogP contribution is 2.40. The molecular formula is C20H16FN3O4. The van der Waals surface area contributed by atoms with Crippen molar-refractivity contribution in [2.75, 3.05) is 16.4 Å². The first-order valence-corrected chi connectivity index (χ1v) is 8.61. The highest BCUT2D eigenvalue weighted by molar-refractivity contribution is 6.32. The minimum absolute atomic E-state index is 0.152. The van der Waals surface area contributed by atoms with Crippen molar-refractivity contribution >= 4 is 29.1 Å². The van der Waals surface area contributed by atoms with E-state index in [9.17, 15) is 18.8 Å². The molecule has 3 amide bonds. The van der Waals surface area contributed by atoms with Crippen molar-refractivity contribution in [1.82, 2.24) is 4.98 Å². The Morgan fingerprint density at radius 2 is 1.79 bits per heavy atom. The van der Waals surface area contributed by atoms with Crippen LogP contribution in [0.15, 0.2) is 47.7 Å². The van der Waals surface area contributed by atoms with Gasteiger partial charge in [0.1, 0.15) is 5.75 Å². The summed E-state index contributed by atoms with van der Waals surface area (Å²) < 4.78 is 20.1. The zero-order valence-electron chi connectivity index (χ0n) is 15.2. The molecule has 7 nitrogen and oxygen atoms in total. The molecule has 0 radical (unpaired) electrons. The lowest BCUT2D eigenvalue weighted by Crippen LogP contribution is -2.39. The third kappa shape index (κ3) is 2.74. The molecule has 4 rings (SSSR count). The molecule has 142 valence electrons. The molecule has 8 heteroatoms. The molecule has 2 aromatic rings. The molecule has 0 N–H and O–H groups in total. The van der Waals surface area contributed by atoms with Crippen LogP contribution in [0.3, 0.4) is 0 Å². The summed E-state index contributed by atoms with van der Waals surface area (Å²) in [5.41, 5.74) is 1.23. The van der Waals surface area contributed by atoms with Gasteiger partial charge in [0.15, 0.2) is 12.4 Å². The number of hydrogen-bond donors (Lipinski definition) is 0. The van der Waals surface area contributed by atoms with Crippen LogP contribution in [0.2, 0.25) is 0 Å². The number of halogens is 1. The predicted octanol–water partition coefficient (Wildman–Crippen LogP) is 2.36. The molecule has 0 atom stereocenters. The molecule has 0 aliphatic carbocycles. The van der Waals surface area contributed by atoms with Gasteiger partial charge in [0.2, 0.25) is 0 Å². The van der Waals surface area contributed by atoms with Gasteiger partial charge >= 0.3 is 0 Å². The number of anilines is 2. The average molecular weight is 381 g/mol. The molecule has 0 fully saturated rings. The minimum Gasteiger partial charge on any atom is -0.481 e. The Labute approximate surface area is 160 Å². The molecule has 2 aliphatic heterocycles. The van der Waals surface area contributed by atoms with E-state index in [0.29, 0.717) is 5.69 Å². The first-order chi connectivity index (χ1) is 13.4. The second kappa shape index (κ2) is 6.56. The van der Waals surface area contributed by atoms with Gasteiger partial charge in [-0.05, 0) is 32.0 Å². The largest absolute Gasteiger partial charge is 0.481 e. The number of carbonyl (C=O) groups is 3. The van der Waals surface area contributed by atoms with Crippen molar-refractivity contribution in [3.8, 4) is 5.75 Å². The molecule has 0 spiro atoms. The van der Waals surface area contributed by atoms with Crippen LogP contribution in [-0.4, -0.2) is 29.3 Å². The zero-order valence-corrected chi connectivity index (χ0v) is 15.2. The van der Waals surface area contributed by atoms with Crippen molar-refractivity contribution < 1.29 is 23.5 Å². The van der Waals surface area contributed by atoms with Crippen LogP contribution < -0.4 is 14.5 Å². The van der Waals surface area contributed by atoms with Gasteiger partial charge in [0.05, 0.1) is 23.6 Å². The maximum absolute atomic E-state index is 14.7. The number of aromatic nitrogens is 1. The third-order valence-corrected chi connectivity index (χ3v) is 4.87. The van der Waals surface area contributed by atoms with E-state index in [1.807, 2.05) is 0 Å². The van der Waals surface area contributed by atoms with E-state index in [2.05, 4.69) is 4.98 Å². The fourth-order valence-electron chi connectivity index (χ4n) is 3.18. The van der Waals surface area contributed by atoms with Gasteiger partial charge in [-0.15, -0.1) is 0 Å². The number of rotatable bonds is 3. The van der Waals surface area contributed by atoms with Gasteiger partial charge in [-0.3, -0.25) is 24.3 Å². The first-order valence-electron chi connectivity index (χ1n) is 8.61. The van der Waals surface area contributed by atoms with Crippen molar-refractivity contribution in [2.24, 2.45) is 0 Å².